The molecule has 0 radical (unpaired) electrons. The molecule has 0 amide bonds. The lowest BCUT2D eigenvalue weighted by Crippen LogP contribution is -2.36. The van der Waals surface area contributed by atoms with Crippen molar-refractivity contribution in [3.8, 4) is 0 Å². The number of likely N-dealkylation sites (N-methyl/N-ethyl adjacent to an activating group) is 1. The normalized spacial score (nSPS) is 18.7. The SMILES string of the molecule is CN(CCN1CCCC1)C(CN)c1cc(Cl)cs1. The first kappa shape index (κ1) is 14.3. The van der Waals surface area contributed by atoms with Gasteiger partial charge in [-0.15, -0.1) is 11.3 Å². The summed E-state index contributed by atoms with van der Waals surface area (Å²) >= 11 is 7.69. The van der Waals surface area contributed by atoms with Gasteiger partial charge in [-0.25, -0.2) is 0 Å². The van der Waals surface area contributed by atoms with Crippen molar-refractivity contribution < 1.29 is 0 Å². The highest BCUT2D eigenvalue weighted by Gasteiger charge is 2.19. The van der Waals surface area contributed by atoms with Gasteiger partial charge in [-0.3, -0.25) is 4.90 Å². The number of hydrogen-bond acceptors (Lipinski definition) is 4. The molecule has 18 heavy (non-hydrogen) atoms. The number of likely N-dealkylation sites (tertiary alicyclic amines) is 1. The summed E-state index contributed by atoms with van der Waals surface area (Å²) in [6, 6.07) is 2.33. The average molecular weight is 288 g/mol. The fourth-order valence-corrected chi connectivity index (χ4v) is 3.74. The Morgan fingerprint density at radius 3 is 2.78 bits per heavy atom. The van der Waals surface area contributed by atoms with Crippen LogP contribution in [0.4, 0.5) is 0 Å². The standard InChI is InChI=1S/C13H22ClN3S/c1-16(6-7-17-4-2-3-5-17)12(9-15)13-8-11(14)10-18-13/h8,10,12H,2-7,9,15H2,1H3. The molecule has 3 nitrogen and oxygen atoms in total. The van der Waals surface area contributed by atoms with Gasteiger partial charge in [0, 0.05) is 29.9 Å². The molecule has 1 aliphatic heterocycles. The summed E-state index contributed by atoms with van der Waals surface area (Å²) in [6.45, 7) is 5.37. The lowest BCUT2D eigenvalue weighted by molar-refractivity contribution is 0.212. The molecule has 1 aromatic rings. The zero-order valence-corrected chi connectivity index (χ0v) is 12.5. The maximum atomic E-state index is 5.99. The minimum absolute atomic E-state index is 0.296. The maximum absolute atomic E-state index is 5.99. The summed E-state index contributed by atoms with van der Waals surface area (Å²) < 4.78 is 0. The first-order valence-corrected chi connectivity index (χ1v) is 7.83. The lowest BCUT2D eigenvalue weighted by atomic mass is 10.2. The van der Waals surface area contributed by atoms with Gasteiger partial charge < -0.3 is 10.6 Å². The van der Waals surface area contributed by atoms with Gasteiger partial charge in [-0.05, 0) is 39.0 Å². The molecular formula is C13H22ClN3S. The van der Waals surface area contributed by atoms with E-state index < -0.39 is 0 Å². The summed E-state index contributed by atoms with van der Waals surface area (Å²) in [5.74, 6) is 0. The quantitative estimate of drug-likeness (QED) is 0.872. The molecule has 1 aromatic heterocycles. The highest BCUT2D eigenvalue weighted by molar-refractivity contribution is 7.10. The van der Waals surface area contributed by atoms with Crippen LogP contribution >= 0.6 is 22.9 Å². The maximum Gasteiger partial charge on any atom is 0.0562 e. The molecule has 2 rings (SSSR count). The van der Waals surface area contributed by atoms with Crippen molar-refractivity contribution in [2.24, 2.45) is 5.73 Å². The molecule has 5 heteroatoms. The highest BCUT2D eigenvalue weighted by Crippen LogP contribution is 2.27. The van der Waals surface area contributed by atoms with Crippen LogP contribution in [0.25, 0.3) is 0 Å². The zero-order chi connectivity index (χ0) is 13.0. The predicted octanol–water partition coefficient (Wildman–Crippen LogP) is 2.43. The number of halogens is 1. The van der Waals surface area contributed by atoms with Gasteiger partial charge in [0.25, 0.3) is 0 Å². The van der Waals surface area contributed by atoms with E-state index in [0.717, 1.165) is 18.1 Å². The summed E-state index contributed by atoms with van der Waals surface area (Å²) in [7, 11) is 2.15. The van der Waals surface area contributed by atoms with Crippen molar-refractivity contribution in [1.82, 2.24) is 9.80 Å². The molecule has 102 valence electrons. The molecule has 0 aliphatic carbocycles. The van der Waals surface area contributed by atoms with E-state index >= 15 is 0 Å². The molecule has 0 bridgehead atoms. The van der Waals surface area contributed by atoms with Crippen LogP contribution in [0.5, 0.6) is 0 Å². The van der Waals surface area contributed by atoms with Crippen molar-refractivity contribution in [2.45, 2.75) is 18.9 Å². The average Bonchev–Trinajstić information content (AvgIpc) is 2.99. The molecule has 0 spiro atoms. The molecule has 0 aromatic carbocycles. The first-order valence-electron chi connectivity index (χ1n) is 6.57. The molecule has 1 atom stereocenters. The van der Waals surface area contributed by atoms with E-state index in [2.05, 4.69) is 16.8 Å². The number of hydrogen-bond donors (Lipinski definition) is 1. The fraction of sp³-hybridized carbons (Fsp3) is 0.692. The monoisotopic (exact) mass is 287 g/mol. The molecular weight excluding hydrogens is 266 g/mol. The van der Waals surface area contributed by atoms with E-state index in [1.165, 1.54) is 30.8 Å². The van der Waals surface area contributed by atoms with E-state index in [0.29, 0.717) is 12.6 Å². The Hall–Kier alpha value is -0.130. The van der Waals surface area contributed by atoms with E-state index in [1.54, 1.807) is 11.3 Å². The van der Waals surface area contributed by atoms with Crippen molar-refractivity contribution in [1.29, 1.82) is 0 Å². The van der Waals surface area contributed by atoms with Gasteiger partial charge in [0.05, 0.1) is 11.1 Å². The molecule has 1 saturated heterocycles. The minimum Gasteiger partial charge on any atom is -0.329 e. The second kappa shape index (κ2) is 6.87. The molecule has 2 N–H and O–H groups in total. The molecule has 1 fully saturated rings. The van der Waals surface area contributed by atoms with Crippen molar-refractivity contribution in [2.75, 3.05) is 39.8 Å². The Labute approximate surface area is 119 Å². The Kier molecular flexibility index (Phi) is 5.45. The third-order valence-corrected chi connectivity index (χ3v) is 5.02. The largest absolute Gasteiger partial charge is 0.329 e. The van der Waals surface area contributed by atoms with Gasteiger partial charge in [0.1, 0.15) is 0 Å². The van der Waals surface area contributed by atoms with Crippen LogP contribution in [-0.4, -0.2) is 49.6 Å². The molecule has 0 saturated carbocycles. The van der Waals surface area contributed by atoms with Crippen LogP contribution in [0, 0.1) is 0 Å². The van der Waals surface area contributed by atoms with Crippen molar-refractivity contribution in [3.05, 3.63) is 21.3 Å². The summed E-state index contributed by atoms with van der Waals surface area (Å²) in [6.07, 6.45) is 2.70. The summed E-state index contributed by atoms with van der Waals surface area (Å²) in [5.41, 5.74) is 5.91. The Morgan fingerprint density at radius 2 is 2.22 bits per heavy atom. The summed E-state index contributed by atoms with van der Waals surface area (Å²) in [5, 5.41) is 2.80. The first-order chi connectivity index (χ1) is 8.70. The minimum atomic E-state index is 0.296. The number of thiophene rings is 1. The van der Waals surface area contributed by atoms with Crippen LogP contribution in [-0.2, 0) is 0 Å². The van der Waals surface area contributed by atoms with Crippen molar-refractivity contribution >= 4 is 22.9 Å². The van der Waals surface area contributed by atoms with Crippen LogP contribution in [0.1, 0.15) is 23.8 Å². The lowest BCUT2D eigenvalue weighted by Gasteiger charge is -2.28. The fourth-order valence-electron chi connectivity index (χ4n) is 2.48. The van der Waals surface area contributed by atoms with Crippen LogP contribution < -0.4 is 5.73 Å². The predicted molar refractivity (Wildman–Crippen MR) is 79.4 cm³/mol. The second-order valence-electron chi connectivity index (χ2n) is 4.95. The van der Waals surface area contributed by atoms with Gasteiger partial charge >= 0.3 is 0 Å². The number of nitrogens with two attached hydrogens (primary N) is 1. The Morgan fingerprint density at radius 1 is 1.50 bits per heavy atom. The smallest absolute Gasteiger partial charge is 0.0562 e. The van der Waals surface area contributed by atoms with Crippen molar-refractivity contribution in [3.63, 3.8) is 0 Å². The second-order valence-corrected chi connectivity index (χ2v) is 6.33. The van der Waals surface area contributed by atoms with E-state index in [-0.39, 0.29) is 0 Å². The highest BCUT2D eigenvalue weighted by atomic mass is 35.5. The van der Waals surface area contributed by atoms with Gasteiger partial charge in [-0.1, -0.05) is 11.6 Å². The Bertz CT molecular complexity index is 363. The van der Waals surface area contributed by atoms with Gasteiger partial charge in [-0.2, -0.15) is 0 Å². The van der Waals surface area contributed by atoms with Gasteiger partial charge in [0.2, 0.25) is 0 Å². The van der Waals surface area contributed by atoms with E-state index in [4.69, 9.17) is 17.3 Å². The van der Waals surface area contributed by atoms with Gasteiger partial charge in [0.15, 0.2) is 0 Å². The van der Waals surface area contributed by atoms with Crippen LogP contribution in [0.3, 0.4) is 0 Å². The number of rotatable bonds is 6. The Balaban J connectivity index is 1.86. The van der Waals surface area contributed by atoms with E-state index in [1.807, 2.05) is 11.4 Å². The topological polar surface area (TPSA) is 32.5 Å². The summed E-state index contributed by atoms with van der Waals surface area (Å²) in [4.78, 5) is 6.15. The third-order valence-electron chi connectivity index (χ3n) is 3.64. The van der Waals surface area contributed by atoms with Crippen LogP contribution in [0.2, 0.25) is 5.02 Å². The molecule has 2 heterocycles. The molecule has 1 aliphatic rings. The van der Waals surface area contributed by atoms with E-state index in [9.17, 15) is 0 Å². The third kappa shape index (κ3) is 3.68. The van der Waals surface area contributed by atoms with Crippen LogP contribution in [0.15, 0.2) is 11.4 Å². The molecule has 1 unspecified atom stereocenters. The number of nitrogens with zero attached hydrogens (tertiary/aromatic N) is 2. The zero-order valence-electron chi connectivity index (χ0n) is 10.9.